The molecule has 0 unspecified atom stereocenters. The van der Waals surface area contributed by atoms with Crippen LogP contribution in [0.5, 0.6) is 0 Å². The molecule has 0 atom stereocenters. The minimum atomic E-state index is -3.83. The summed E-state index contributed by atoms with van der Waals surface area (Å²) < 4.78 is 32.5. The fourth-order valence-electron chi connectivity index (χ4n) is 3.83. The summed E-state index contributed by atoms with van der Waals surface area (Å²) in [6, 6.07) is 10.4. The van der Waals surface area contributed by atoms with Crippen molar-refractivity contribution in [3.63, 3.8) is 0 Å². The van der Waals surface area contributed by atoms with Crippen LogP contribution in [0.4, 0.5) is 0 Å². The zero-order chi connectivity index (χ0) is 22.9. The van der Waals surface area contributed by atoms with E-state index in [9.17, 15) is 22.8 Å². The van der Waals surface area contributed by atoms with Gasteiger partial charge in [0.1, 0.15) is 11.5 Å². The number of rotatable bonds is 6. The number of esters is 1. The van der Waals surface area contributed by atoms with E-state index in [-0.39, 0.29) is 28.6 Å². The number of hydrogen-bond donors (Lipinski definition) is 0. The zero-order valence-electron chi connectivity index (χ0n) is 17.1. The molecular formula is C22H21ClN2O6S. The second-order valence-corrected chi connectivity index (χ2v) is 9.87. The van der Waals surface area contributed by atoms with Crippen LogP contribution in [0.15, 0.2) is 47.4 Å². The van der Waals surface area contributed by atoms with Crippen LogP contribution in [0.1, 0.15) is 50.3 Å². The van der Waals surface area contributed by atoms with Crippen molar-refractivity contribution < 1.29 is 27.5 Å². The Kier molecular flexibility index (Phi) is 6.32. The Balaban J connectivity index is 1.43. The lowest BCUT2D eigenvalue weighted by atomic mass is 10.1. The summed E-state index contributed by atoms with van der Waals surface area (Å²) in [5.74, 6) is -1.65. The Bertz CT molecular complexity index is 1160. The Labute approximate surface area is 190 Å². The van der Waals surface area contributed by atoms with Gasteiger partial charge in [-0.1, -0.05) is 30.2 Å². The highest BCUT2D eigenvalue weighted by Gasteiger charge is 2.35. The number of fused-ring (bicyclic) bond motifs is 1. The van der Waals surface area contributed by atoms with Gasteiger partial charge < -0.3 is 4.74 Å². The molecule has 0 aliphatic carbocycles. The van der Waals surface area contributed by atoms with Gasteiger partial charge in [0.15, 0.2) is 0 Å². The van der Waals surface area contributed by atoms with E-state index < -0.39 is 27.8 Å². The van der Waals surface area contributed by atoms with Crippen molar-refractivity contribution in [1.82, 2.24) is 9.21 Å². The van der Waals surface area contributed by atoms with Crippen LogP contribution in [0.2, 0.25) is 5.02 Å². The van der Waals surface area contributed by atoms with Crippen LogP contribution in [0.25, 0.3) is 0 Å². The summed E-state index contributed by atoms with van der Waals surface area (Å²) >= 11 is 6.13. The maximum atomic E-state index is 13.0. The smallest absolute Gasteiger partial charge is 0.338 e. The lowest BCUT2D eigenvalue weighted by Crippen LogP contribution is -2.35. The van der Waals surface area contributed by atoms with E-state index in [1.807, 2.05) is 0 Å². The molecule has 32 heavy (non-hydrogen) atoms. The molecule has 1 fully saturated rings. The molecule has 4 rings (SSSR count). The molecule has 2 amide bonds. The fourth-order valence-corrected chi connectivity index (χ4v) is 5.85. The number of benzene rings is 2. The van der Waals surface area contributed by atoms with Gasteiger partial charge in [0.2, 0.25) is 10.0 Å². The van der Waals surface area contributed by atoms with Crippen LogP contribution in [-0.2, 0) is 14.8 Å². The monoisotopic (exact) mass is 476 g/mol. The maximum absolute atomic E-state index is 13.0. The van der Waals surface area contributed by atoms with E-state index >= 15 is 0 Å². The van der Waals surface area contributed by atoms with Crippen molar-refractivity contribution in [2.75, 3.05) is 26.2 Å². The van der Waals surface area contributed by atoms with E-state index in [1.54, 1.807) is 24.3 Å². The number of sulfonamides is 1. The van der Waals surface area contributed by atoms with Crippen molar-refractivity contribution in [2.24, 2.45) is 0 Å². The fraction of sp³-hybridized carbons (Fsp3) is 0.318. The Morgan fingerprint density at radius 2 is 1.59 bits per heavy atom. The van der Waals surface area contributed by atoms with Gasteiger partial charge in [-0.2, -0.15) is 4.31 Å². The van der Waals surface area contributed by atoms with E-state index in [0.29, 0.717) is 24.2 Å². The van der Waals surface area contributed by atoms with Gasteiger partial charge in [-0.05, 0) is 43.2 Å². The largest absolute Gasteiger partial charge is 0.460 e. The Morgan fingerprint density at radius 3 is 2.22 bits per heavy atom. The Hall–Kier alpha value is -2.75. The highest BCUT2D eigenvalue weighted by Crippen LogP contribution is 2.28. The van der Waals surface area contributed by atoms with Gasteiger partial charge >= 0.3 is 5.97 Å². The minimum Gasteiger partial charge on any atom is -0.460 e. The molecule has 0 spiro atoms. The standard InChI is InChI=1S/C22H21ClN2O6S/c23-18-9-8-15(14-19(18)32(29,30)24-10-4-1-5-11-24)22(28)31-13-12-25-20(26)16-6-2-3-7-17(16)21(25)27/h2-3,6-9,14H,1,4-5,10-13H2. The highest BCUT2D eigenvalue weighted by molar-refractivity contribution is 7.89. The van der Waals surface area contributed by atoms with Crippen LogP contribution in [-0.4, -0.2) is 61.6 Å². The normalized spacial score (nSPS) is 16.8. The molecule has 0 saturated carbocycles. The summed E-state index contributed by atoms with van der Waals surface area (Å²) in [6.45, 7) is 0.493. The van der Waals surface area contributed by atoms with Crippen LogP contribution in [0, 0.1) is 0 Å². The molecule has 0 N–H and O–H groups in total. The van der Waals surface area contributed by atoms with E-state index in [4.69, 9.17) is 16.3 Å². The van der Waals surface area contributed by atoms with Gasteiger partial charge in [-0.3, -0.25) is 14.5 Å². The van der Waals surface area contributed by atoms with Gasteiger partial charge in [0, 0.05) is 13.1 Å². The first kappa shape index (κ1) is 22.4. The van der Waals surface area contributed by atoms with Gasteiger partial charge in [0.25, 0.3) is 11.8 Å². The number of imide groups is 1. The van der Waals surface area contributed by atoms with Gasteiger partial charge in [-0.15, -0.1) is 0 Å². The second-order valence-electron chi connectivity index (χ2n) is 7.55. The molecule has 8 nitrogen and oxygen atoms in total. The van der Waals surface area contributed by atoms with Crippen molar-refractivity contribution in [3.8, 4) is 0 Å². The Morgan fingerprint density at radius 1 is 0.969 bits per heavy atom. The molecule has 168 valence electrons. The highest BCUT2D eigenvalue weighted by atomic mass is 35.5. The van der Waals surface area contributed by atoms with E-state index in [0.717, 1.165) is 24.2 Å². The molecule has 0 aromatic heterocycles. The molecule has 2 aliphatic rings. The quantitative estimate of drug-likeness (QED) is 0.469. The molecule has 10 heteroatoms. The number of ether oxygens (including phenoxy) is 1. The third kappa shape index (κ3) is 4.15. The summed E-state index contributed by atoms with van der Waals surface area (Å²) in [5.41, 5.74) is 0.649. The van der Waals surface area contributed by atoms with Gasteiger partial charge in [0.05, 0.1) is 28.3 Å². The first-order valence-corrected chi connectivity index (χ1v) is 12.0. The van der Waals surface area contributed by atoms with Crippen LogP contribution < -0.4 is 0 Å². The average molecular weight is 477 g/mol. The third-order valence-corrected chi connectivity index (χ3v) is 7.91. The molecule has 2 aliphatic heterocycles. The zero-order valence-corrected chi connectivity index (χ0v) is 18.7. The summed E-state index contributed by atoms with van der Waals surface area (Å²) in [5, 5.41) is 0.0261. The third-order valence-electron chi connectivity index (χ3n) is 5.53. The topological polar surface area (TPSA) is 101 Å². The first-order valence-electron chi connectivity index (χ1n) is 10.2. The van der Waals surface area contributed by atoms with Crippen molar-refractivity contribution in [1.29, 1.82) is 0 Å². The molecule has 1 saturated heterocycles. The van der Waals surface area contributed by atoms with E-state index in [2.05, 4.69) is 0 Å². The second kappa shape index (κ2) is 9.01. The predicted molar refractivity (Wildman–Crippen MR) is 116 cm³/mol. The van der Waals surface area contributed by atoms with Gasteiger partial charge in [-0.25, -0.2) is 13.2 Å². The number of carbonyl (C=O) groups is 3. The number of carbonyl (C=O) groups excluding carboxylic acids is 3. The molecule has 2 aromatic carbocycles. The number of piperidine rings is 1. The maximum Gasteiger partial charge on any atom is 0.338 e. The number of nitrogens with zero attached hydrogens (tertiary/aromatic N) is 2. The lowest BCUT2D eigenvalue weighted by Gasteiger charge is -2.26. The van der Waals surface area contributed by atoms with Crippen LogP contribution in [0.3, 0.4) is 0 Å². The SMILES string of the molecule is O=C(OCCN1C(=O)c2ccccc2C1=O)c1ccc(Cl)c(S(=O)(=O)N2CCCCC2)c1. The summed E-state index contributed by atoms with van der Waals surface area (Å²) in [7, 11) is -3.83. The number of halogens is 1. The lowest BCUT2D eigenvalue weighted by molar-refractivity contribution is 0.0420. The van der Waals surface area contributed by atoms with Crippen molar-refractivity contribution in [2.45, 2.75) is 24.2 Å². The first-order chi connectivity index (χ1) is 15.3. The van der Waals surface area contributed by atoms with E-state index in [1.165, 1.54) is 22.5 Å². The number of hydrogen-bond acceptors (Lipinski definition) is 6. The summed E-state index contributed by atoms with van der Waals surface area (Å²) in [4.78, 5) is 38.1. The molecule has 0 radical (unpaired) electrons. The molecule has 0 bridgehead atoms. The van der Waals surface area contributed by atoms with Crippen LogP contribution >= 0.6 is 11.6 Å². The average Bonchev–Trinajstić information content (AvgIpc) is 3.05. The number of amides is 2. The summed E-state index contributed by atoms with van der Waals surface area (Å²) in [6.07, 6.45) is 2.52. The predicted octanol–water partition coefficient (Wildman–Crippen LogP) is 2.97. The minimum absolute atomic E-state index is 0.0207. The molecular weight excluding hydrogens is 456 g/mol. The molecule has 2 aromatic rings. The van der Waals surface area contributed by atoms with Crippen molar-refractivity contribution in [3.05, 3.63) is 64.2 Å². The van der Waals surface area contributed by atoms with Crippen molar-refractivity contribution >= 4 is 39.4 Å². The molecule has 2 heterocycles.